The van der Waals surface area contributed by atoms with Gasteiger partial charge in [0.05, 0.1) is 26.2 Å². The quantitative estimate of drug-likeness (QED) is 0.905. The van der Waals surface area contributed by atoms with Gasteiger partial charge in [-0.05, 0) is 48.7 Å². The van der Waals surface area contributed by atoms with E-state index in [0.717, 1.165) is 56.9 Å². The van der Waals surface area contributed by atoms with Crippen LogP contribution in [0.4, 0.5) is 15.8 Å². The number of halogens is 1. The number of rotatable bonds is 3. The van der Waals surface area contributed by atoms with Crippen molar-refractivity contribution in [1.82, 2.24) is 0 Å². The Bertz CT molecular complexity index is 769. The summed E-state index contributed by atoms with van der Waals surface area (Å²) in [6, 6.07) is 14.9. The van der Waals surface area contributed by atoms with Gasteiger partial charge in [-0.1, -0.05) is 18.2 Å². The fourth-order valence-electron chi connectivity index (χ4n) is 4.01. The van der Waals surface area contributed by atoms with Gasteiger partial charge in [-0.3, -0.25) is 4.79 Å². The van der Waals surface area contributed by atoms with E-state index >= 15 is 0 Å². The monoisotopic (exact) mass is 354 g/mol. The Kier molecular flexibility index (Phi) is 4.89. The maximum absolute atomic E-state index is 13.1. The first-order valence-electron chi connectivity index (χ1n) is 9.43. The number of quaternary nitrogens is 1. The average molecular weight is 354 g/mol. The smallest absolute Gasteiger partial charge is 0.282 e. The summed E-state index contributed by atoms with van der Waals surface area (Å²) in [5, 5.41) is 0. The number of hydrogen-bond donors (Lipinski definition) is 1. The summed E-state index contributed by atoms with van der Waals surface area (Å²) < 4.78 is 13.1. The van der Waals surface area contributed by atoms with Gasteiger partial charge in [-0.2, -0.15) is 0 Å². The number of carbonyl (C=O) groups is 1. The Morgan fingerprint density at radius 2 is 1.73 bits per heavy atom. The van der Waals surface area contributed by atoms with Crippen molar-refractivity contribution in [1.29, 1.82) is 0 Å². The lowest BCUT2D eigenvalue weighted by atomic mass is 10.0. The van der Waals surface area contributed by atoms with Gasteiger partial charge in [0.2, 0.25) is 0 Å². The van der Waals surface area contributed by atoms with Crippen molar-refractivity contribution in [3.05, 3.63) is 59.9 Å². The summed E-state index contributed by atoms with van der Waals surface area (Å²) in [4.78, 5) is 18.4. The van der Waals surface area contributed by atoms with Crippen LogP contribution >= 0.6 is 0 Å². The molecule has 0 saturated carbocycles. The number of nitrogens with zero attached hydrogens (tertiary/aromatic N) is 2. The number of para-hydroxylation sites is 1. The van der Waals surface area contributed by atoms with E-state index in [1.54, 1.807) is 0 Å². The molecule has 0 atom stereocenters. The molecule has 1 amide bonds. The Labute approximate surface area is 153 Å². The first-order chi connectivity index (χ1) is 12.7. The lowest BCUT2D eigenvalue weighted by molar-refractivity contribution is -0.892. The predicted octanol–water partition coefficient (Wildman–Crippen LogP) is 1.51. The minimum absolute atomic E-state index is 0.203. The summed E-state index contributed by atoms with van der Waals surface area (Å²) in [5.41, 5.74) is 3.43. The zero-order valence-electron chi connectivity index (χ0n) is 15.0. The number of carbonyl (C=O) groups excluding carboxylic acids is 1. The molecule has 0 spiro atoms. The fourth-order valence-corrected chi connectivity index (χ4v) is 4.01. The number of benzene rings is 2. The minimum Gasteiger partial charge on any atom is -0.360 e. The highest BCUT2D eigenvalue weighted by molar-refractivity contribution is 5.95. The van der Waals surface area contributed by atoms with Crippen LogP contribution in [0.25, 0.3) is 0 Å². The third kappa shape index (κ3) is 3.58. The van der Waals surface area contributed by atoms with Gasteiger partial charge in [0.1, 0.15) is 5.82 Å². The molecule has 2 aliphatic rings. The second-order valence-electron chi connectivity index (χ2n) is 7.17. The normalized spacial score (nSPS) is 17.9. The summed E-state index contributed by atoms with van der Waals surface area (Å²) in [5.74, 6) is 0.0211. The van der Waals surface area contributed by atoms with E-state index in [2.05, 4.69) is 17.0 Å². The van der Waals surface area contributed by atoms with Gasteiger partial charge in [0, 0.05) is 17.9 Å². The molecule has 2 aromatic carbocycles. The number of piperazine rings is 1. The molecule has 2 heterocycles. The van der Waals surface area contributed by atoms with Crippen LogP contribution in [0.2, 0.25) is 0 Å². The Hall–Kier alpha value is -2.40. The van der Waals surface area contributed by atoms with Gasteiger partial charge in [0.25, 0.3) is 5.91 Å². The van der Waals surface area contributed by atoms with Crippen LogP contribution in [0.15, 0.2) is 48.5 Å². The second kappa shape index (κ2) is 7.46. The van der Waals surface area contributed by atoms with Gasteiger partial charge in [-0.25, -0.2) is 4.39 Å². The van der Waals surface area contributed by atoms with Crippen LogP contribution in [0.5, 0.6) is 0 Å². The molecular weight excluding hydrogens is 329 g/mol. The SMILES string of the molecule is O=C(C[NH+]1CCN(c2ccc(F)cc2)CC1)N1CCCc2ccccc21. The number of anilines is 2. The van der Waals surface area contributed by atoms with E-state index in [1.807, 2.05) is 29.2 Å². The number of nitrogens with one attached hydrogen (secondary N) is 1. The molecule has 136 valence electrons. The van der Waals surface area contributed by atoms with Crippen LogP contribution in [0.1, 0.15) is 12.0 Å². The van der Waals surface area contributed by atoms with Crippen molar-refractivity contribution < 1.29 is 14.1 Å². The second-order valence-corrected chi connectivity index (χ2v) is 7.17. The summed E-state index contributed by atoms with van der Waals surface area (Å²) in [7, 11) is 0. The molecule has 1 N–H and O–H groups in total. The van der Waals surface area contributed by atoms with Crippen LogP contribution in [0.3, 0.4) is 0 Å². The van der Waals surface area contributed by atoms with Crippen molar-refractivity contribution in [2.45, 2.75) is 12.8 Å². The zero-order chi connectivity index (χ0) is 17.9. The highest BCUT2D eigenvalue weighted by atomic mass is 19.1. The largest absolute Gasteiger partial charge is 0.360 e. The van der Waals surface area contributed by atoms with E-state index in [4.69, 9.17) is 0 Å². The molecule has 2 aromatic rings. The summed E-state index contributed by atoms with van der Waals surface area (Å²) in [6.07, 6.45) is 2.10. The van der Waals surface area contributed by atoms with E-state index in [-0.39, 0.29) is 11.7 Å². The zero-order valence-corrected chi connectivity index (χ0v) is 15.0. The maximum atomic E-state index is 13.1. The number of fused-ring (bicyclic) bond motifs is 1. The van der Waals surface area contributed by atoms with Crippen LogP contribution in [0, 0.1) is 5.82 Å². The van der Waals surface area contributed by atoms with Crippen molar-refractivity contribution in [3.63, 3.8) is 0 Å². The third-order valence-electron chi connectivity index (χ3n) is 5.47. The molecule has 1 saturated heterocycles. The first-order valence-corrected chi connectivity index (χ1v) is 9.43. The van der Waals surface area contributed by atoms with Crippen LogP contribution < -0.4 is 14.7 Å². The number of amides is 1. The molecule has 2 aliphatic heterocycles. The lowest BCUT2D eigenvalue weighted by Gasteiger charge is -2.35. The fraction of sp³-hybridized carbons (Fsp3) is 0.381. The molecule has 26 heavy (non-hydrogen) atoms. The number of hydrogen-bond acceptors (Lipinski definition) is 2. The lowest BCUT2D eigenvalue weighted by Crippen LogP contribution is -3.16. The Morgan fingerprint density at radius 3 is 2.50 bits per heavy atom. The summed E-state index contributed by atoms with van der Waals surface area (Å²) >= 11 is 0. The molecule has 0 aliphatic carbocycles. The van der Waals surface area contributed by atoms with E-state index in [0.29, 0.717) is 6.54 Å². The van der Waals surface area contributed by atoms with Gasteiger partial charge >= 0.3 is 0 Å². The number of aryl methyl sites for hydroxylation is 1. The minimum atomic E-state index is -0.203. The molecule has 0 unspecified atom stereocenters. The predicted molar refractivity (Wildman–Crippen MR) is 101 cm³/mol. The summed E-state index contributed by atoms with van der Waals surface area (Å²) in [6.45, 7) is 5.02. The van der Waals surface area contributed by atoms with Crippen molar-refractivity contribution in [3.8, 4) is 0 Å². The molecule has 0 bridgehead atoms. The van der Waals surface area contributed by atoms with Crippen molar-refractivity contribution >= 4 is 17.3 Å². The van der Waals surface area contributed by atoms with Crippen LogP contribution in [-0.4, -0.2) is 45.2 Å². The molecule has 4 rings (SSSR count). The molecule has 5 heteroatoms. The molecule has 0 aromatic heterocycles. The molecule has 0 radical (unpaired) electrons. The molecular formula is C21H25FN3O+. The molecule has 1 fully saturated rings. The van der Waals surface area contributed by atoms with E-state index in [1.165, 1.54) is 22.6 Å². The maximum Gasteiger partial charge on any atom is 0.282 e. The highest BCUT2D eigenvalue weighted by Gasteiger charge is 2.27. The Morgan fingerprint density at radius 1 is 1.00 bits per heavy atom. The molecule has 4 nitrogen and oxygen atoms in total. The standard InChI is InChI=1S/C21H24FN3O/c22-18-7-9-19(10-8-18)24-14-12-23(13-15-24)16-21(26)25-11-3-5-17-4-1-2-6-20(17)25/h1-2,4,6-10H,3,5,11-16H2/p+1. The van der Waals surface area contributed by atoms with Crippen molar-refractivity contribution in [2.24, 2.45) is 0 Å². The van der Waals surface area contributed by atoms with Crippen LogP contribution in [-0.2, 0) is 11.2 Å². The van der Waals surface area contributed by atoms with E-state index in [9.17, 15) is 9.18 Å². The first kappa shape index (κ1) is 17.0. The van der Waals surface area contributed by atoms with Gasteiger partial charge in [0.15, 0.2) is 6.54 Å². The third-order valence-corrected chi connectivity index (χ3v) is 5.47. The topological polar surface area (TPSA) is 28.0 Å². The van der Waals surface area contributed by atoms with Gasteiger partial charge in [-0.15, -0.1) is 0 Å². The van der Waals surface area contributed by atoms with Crippen molar-refractivity contribution in [2.75, 3.05) is 49.1 Å². The average Bonchev–Trinajstić information content (AvgIpc) is 2.69. The Balaban J connectivity index is 1.35. The highest BCUT2D eigenvalue weighted by Crippen LogP contribution is 2.26. The van der Waals surface area contributed by atoms with E-state index < -0.39 is 0 Å². The van der Waals surface area contributed by atoms with Gasteiger partial charge < -0.3 is 14.7 Å².